The molecular weight excluding hydrogens is 350 g/mol. The number of carboxylic acid groups (broad SMARTS) is 1. The lowest BCUT2D eigenvalue weighted by atomic mass is 10.1. The second kappa shape index (κ2) is 7.73. The van der Waals surface area contributed by atoms with E-state index in [0.717, 1.165) is 22.9 Å². The molecule has 5 heteroatoms. The Balaban J connectivity index is 2.05. The van der Waals surface area contributed by atoms with Gasteiger partial charge in [-0.1, -0.05) is 41.4 Å². The minimum atomic E-state index is -0.905. The van der Waals surface area contributed by atoms with Gasteiger partial charge in [-0.15, -0.1) is 11.3 Å². The van der Waals surface area contributed by atoms with E-state index in [4.69, 9.17) is 5.11 Å². The molecule has 1 heterocycles. The monoisotopic (exact) mass is 367 g/mol. The van der Waals surface area contributed by atoms with Crippen LogP contribution in [0.15, 0.2) is 40.2 Å². The first-order chi connectivity index (χ1) is 10.1. The summed E-state index contributed by atoms with van der Waals surface area (Å²) in [5.74, 6) is -0.905. The van der Waals surface area contributed by atoms with Crippen LogP contribution in [0.5, 0.6) is 0 Å². The predicted molar refractivity (Wildman–Crippen MR) is 89.9 cm³/mol. The van der Waals surface area contributed by atoms with Gasteiger partial charge >= 0.3 is 5.97 Å². The van der Waals surface area contributed by atoms with Crippen molar-refractivity contribution in [1.29, 1.82) is 0 Å². The van der Waals surface area contributed by atoms with Crippen LogP contribution in [0.25, 0.3) is 0 Å². The molecule has 112 valence electrons. The molecule has 0 aliphatic heterocycles. The molecule has 1 atom stereocenters. The lowest BCUT2D eigenvalue weighted by Crippen LogP contribution is -2.20. The fourth-order valence-electron chi connectivity index (χ4n) is 2.18. The molecule has 2 rings (SSSR count). The van der Waals surface area contributed by atoms with Crippen molar-refractivity contribution in [3.8, 4) is 0 Å². The molecule has 0 saturated carbocycles. The summed E-state index contributed by atoms with van der Waals surface area (Å²) in [6, 6.07) is 9.73. The fraction of sp³-hybridized carbons (Fsp3) is 0.312. The average molecular weight is 368 g/mol. The van der Waals surface area contributed by atoms with E-state index >= 15 is 0 Å². The average Bonchev–Trinajstić information content (AvgIpc) is 2.98. The SMILES string of the molecule is CCCC(NCc1ccc(C(=O)O)cc1Br)c1cccs1. The summed E-state index contributed by atoms with van der Waals surface area (Å²) in [5.41, 5.74) is 1.37. The molecule has 0 fully saturated rings. The third-order valence-electron chi connectivity index (χ3n) is 3.30. The minimum absolute atomic E-state index is 0.300. The molecule has 0 aliphatic carbocycles. The summed E-state index contributed by atoms with van der Waals surface area (Å²) < 4.78 is 0.830. The molecule has 0 bridgehead atoms. The summed E-state index contributed by atoms with van der Waals surface area (Å²) in [6.45, 7) is 2.89. The summed E-state index contributed by atoms with van der Waals surface area (Å²) in [7, 11) is 0. The van der Waals surface area contributed by atoms with Crippen molar-refractivity contribution >= 4 is 33.2 Å². The third-order valence-corrected chi connectivity index (χ3v) is 5.03. The number of thiophene rings is 1. The number of carbonyl (C=O) groups is 1. The molecule has 1 aromatic heterocycles. The van der Waals surface area contributed by atoms with Crippen LogP contribution in [0, 0.1) is 0 Å². The number of halogens is 1. The van der Waals surface area contributed by atoms with Crippen LogP contribution in [0.1, 0.15) is 46.6 Å². The number of rotatable bonds is 7. The Morgan fingerprint density at radius 2 is 2.24 bits per heavy atom. The lowest BCUT2D eigenvalue weighted by Gasteiger charge is -2.17. The molecule has 3 nitrogen and oxygen atoms in total. The van der Waals surface area contributed by atoms with Gasteiger partial charge in [0.25, 0.3) is 0 Å². The first-order valence-corrected chi connectivity index (χ1v) is 8.57. The van der Waals surface area contributed by atoms with E-state index in [2.05, 4.69) is 45.7 Å². The van der Waals surface area contributed by atoms with Crippen LogP contribution in [-0.2, 0) is 6.54 Å². The number of benzene rings is 1. The highest BCUT2D eigenvalue weighted by Gasteiger charge is 2.12. The molecule has 1 unspecified atom stereocenters. The molecule has 0 radical (unpaired) electrons. The van der Waals surface area contributed by atoms with Crippen molar-refractivity contribution in [2.45, 2.75) is 32.4 Å². The Labute approximate surface area is 137 Å². The van der Waals surface area contributed by atoms with Gasteiger partial charge in [-0.3, -0.25) is 0 Å². The maximum absolute atomic E-state index is 10.9. The molecule has 2 aromatic rings. The zero-order valence-electron chi connectivity index (χ0n) is 11.8. The number of carboxylic acids is 1. The van der Waals surface area contributed by atoms with Gasteiger partial charge in [-0.05, 0) is 35.6 Å². The summed E-state index contributed by atoms with van der Waals surface area (Å²) >= 11 is 5.22. The highest BCUT2D eigenvalue weighted by atomic mass is 79.9. The van der Waals surface area contributed by atoms with E-state index in [1.165, 1.54) is 4.88 Å². The molecule has 21 heavy (non-hydrogen) atoms. The van der Waals surface area contributed by atoms with Crippen molar-refractivity contribution in [3.05, 3.63) is 56.2 Å². The van der Waals surface area contributed by atoms with Gasteiger partial charge in [-0.2, -0.15) is 0 Å². The highest BCUT2D eigenvalue weighted by Crippen LogP contribution is 2.25. The Morgan fingerprint density at radius 3 is 2.81 bits per heavy atom. The highest BCUT2D eigenvalue weighted by molar-refractivity contribution is 9.10. The molecule has 0 spiro atoms. The Hall–Kier alpha value is -1.17. The van der Waals surface area contributed by atoms with Crippen molar-refractivity contribution < 1.29 is 9.90 Å². The summed E-state index contributed by atoms with van der Waals surface area (Å²) in [6.07, 6.45) is 2.21. The minimum Gasteiger partial charge on any atom is -0.478 e. The smallest absolute Gasteiger partial charge is 0.335 e. The molecule has 0 aliphatic rings. The standard InChI is InChI=1S/C16H18BrNO2S/c1-2-4-14(15-5-3-8-21-15)18-10-12-7-6-11(16(19)20)9-13(12)17/h3,5-9,14,18H,2,4,10H2,1H3,(H,19,20). The third kappa shape index (κ3) is 4.40. The fourth-order valence-corrected chi connectivity index (χ4v) is 3.54. The Bertz CT molecular complexity index is 598. The number of aromatic carboxylic acids is 1. The van der Waals surface area contributed by atoms with Crippen molar-refractivity contribution in [3.63, 3.8) is 0 Å². The van der Waals surface area contributed by atoms with Gasteiger partial charge in [0.1, 0.15) is 0 Å². The number of hydrogen-bond donors (Lipinski definition) is 2. The molecule has 0 amide bonds. The normalized spacial score (nSPS) is 12.3. The number of nitrogens with one attached hydrogen (secondary N) is 1. The van der Waals surface area contributed by atoms with E-state index in [0.29, 0.717) is 18.2 Å². The van der Waals surface area contributed by atoms with E-state index in [9.17, 15) is 4.79 Å². The van der Waals surface area contributed by atoms with Crippen LogP contribution in [0.4, 0.5) is 0 Å². The number of hydrogen-bond acceptors (Lipinski definition) is 3. The lowest BCUT2D eigenvalue weighted by molar-refractivity contribution is 0.0697. The maximum atomic E-state index is 10.9. The van der Waals surface area contributed by atoms with Crippen LogP contribution in [-0.4, -0.2) is 11.1 Å². The van der Waals surface area contributed by atoms with Crippen LogP contribution in [0.2, 0.25) is 0 Å². The van der Waals surface area contributed by atoms with Gasteiger partial charge in [0, 0.05) is 21.9 Å². The Morgan fingerprint density at radius 1 is 1.43 bits per heavy atom. The van der Waals surface area contributed by atoms with Gasteiger partial charge in [0.15, 0.2) is 0 Å². The quantitative estimate of drug-likeness (QED) is 0.735. The van der Waals surface area contributed by atoms with Crippen molar-refractivity contribution in [2.75, 3.05) is 0 Å². The Kier molecular flexibility index (Phi) is 5.96. The topological polar surface area (TPSA) is 49.3 Å². The van der Waals surface area contributed by atoms with Gasteiger partial charge in [0.05, 0.1) is 5.56 Å². The van der Waals surface area contributed by atoms with Gasteiger partial charge < -0.3 is 10.4 Å². The van der Waals surface area contributed by atoms with Crippen molar-refractivity contribution in [2.24, 2.45) is 0 Å². The summed E-state index contributed by atoms with van der Waals surface area (Å²) in [5, 5.41) is 14.6. The second-order valence-corrected chi connectivity index (χ2v) is 6.68. The van der Waals surface area contributed by atoms with E-state index < -0.39 is 5.97 Å². The van der Waals surface area contributed by atoms with Gasteiger partial charge in [0.2, 0.25) is 0 Å². The largest absolute Gasteiger partial charge is 0.478 e. The van der Waals surface area contributed by atoms with E-state index in [1.807, 2.05) is 6.07 Å². The first kappa shape index (κ1) is 16.2. The first-order valence-electron chi connectivity index (χ1n) is 6.90. The zero-order chi connectivity index (χ0) is 15.2. The van der Waals surface area contributed by atoms with Crippen LogP contribution >= 0.6 is 27.3 Å². The summed E-state index contributed by atoms with van der Waals surface area (Å²) in [4.78, 5) is 12.3. The van der Waals surface area contributed by atoms with Gasteiger partial charge in [-0.25, -0.2) is 4.79 Å². The molecule has 0 saturated heterocycles. The zero-order valence-corrected chi connectivity index (χ0v) is 14.2. The van der Waals surface area contributed by atoms with E-state index in [-0.39, 0.29) is 0 Å². The van der Waals surface area contributed by atoms with Crippen LogP contribution in [0.3, 0.4) is 0 Å². The molecule has 1 aromatic carbocycles. The predicted octanol–water partition coefficient (Wildman–Crippen LogP) is 4.84. The maximum Gasteiger partial charge on any atom is 0.335 e. The second-order valence-electron chi connectivity index (χ2n) is 4.85. The molecular formula is C16H18BrNO2S. The molecule has 2 N–H and O–H groups in total. The van der Waals surface area contributed by atoms with Crippen molar-refractivity contribution in [1.82, 2.24) is 5.32 Å². The van der Waals surface area contributed by atoms with Crippen LogP contribution < -0.4 is 5.32 Å². The van der Waals surface area contributed by atoms with E-state index in [1.54, 1.807) is 23.5 Å².